The predicted octanol–water partition coefficient (Wildman–Crippen LogP) is 2.85. The maximum Gasteiger partial charge on any atom is 0.328 e. The van der Waals surface area contributed by atoms with Crippen LogP contribution in [0.15, 0.2) is 0 Å². The number of rotatable bonds is 4. The summed E-state index contributed by atoms with van der Waals surface area (Å²) in [5.41, 5.74) is -0.186. The van der Waals surface area contributed by atoms with Crippen LogP contribution in [0.3, 0.4) is 0 Å². The third-order valence-electron chi connectivity index (χ3n) is 2.30. The minimum Gasteiger partial charge on any atom is -0.328 e. The summed E-state index contributed by atoms with van der Waals surface area (Å²) >= 11 is 0. The fourth-order valence-corrected chi connectivity index (χ4v) is 2.74. The van der Waals surface area contributed by atoms with Crippen molar-refractivity contribution in [3.63, 3.8) is 0 Å². The Morgan fingerprint density at radius 1 is 1.06 bits per heavy atom. The van der Waals surface area contributed by atoms with Crippen LogP contribution in [-0.2, 0) is 4.52 Å². The van der Waals surface area contributed by atoms with Crippen molar-refractivity contribution >= 4 is 8.60 Å². The van der Waals surface area contributed by atoms with Gasteiger partial charge in [0.15, 0.2) is 0 Å². The van der Waals surface area contributed by atoms with E-state index in [9.17, 15) is 0 Å². The van der Waals surface area contributed by atoms with Crippen LogP contribution in [0.1, 0.15) is 54.9 Å². The van der Waals surface area contributed by atoms with Crippen LogP contribution in [0.25, 0.3) is 0 Å². The molecule has 0 aromatic carbocycles. The Bertz CT molecular complexity index is 194. The molecule has 0 aromatic heterocycles. The lowest BCUT2D eigenvalue weighted by molar-refractivity contribution is -0.0946. The summed E-state index contributed by atoms with van der Waals surface area (Å²) in [6.45, 7) is 14.6. The third kappa shape index (κ3) is 5.07. The monoisotopic (exact) mass is 251 g/mol. The topological polar surface area (TPSA) is 52.9 Å². The summed E-state index contributed by atoms with van der Waals surface area (Å²) in [5, 5.41) is 0. The van der Waals surface area contributed by atoms with E-state index in [0.717, 1.165) is 0 Å². The van der Waals surface area contributed by atoms with Crippen molar-refractivity contribution in [2.45, 2.75) is 72.2 Å². The molecule has 0 aliphatic rings. The molecular formula is C11H26NO3P. The fraction of sp³-hybridized carbons (Fsp3) is 1.00. The smallest absolute Gasteiger partial charge is 0.328 e. The summed E-state index contributed by atoms with van der Waals surface area (Å²) < 4.78 is 5.22. The third-order valence-corrected chi connectivity index (χ3v) is 2.73. The molecule has 16 heavy (non-hydrogen) atoms. The van der Waals surface area contributed by atoms with Crippen molar-refractivity contribution in [1.82, 2.24) is 4.90 Å². The van der Waals surface area contributed by atoms with Gasteiger partial charge >= 0.3 is 8.60 Å². The SMILES string of the molecule is CCC(OP(O)O)N(C(C)(C)C)C(C)(C)C. The second kappa shape index (κ2) is 5.74. The number of hydrogen-bond donors (Lipinski definition) is 2. The molecule has 0 heterocycles. The highest BCUT2D eigenvalue weighted by atomic mass is 31.2. The van der Waals surface area contributed by atoms with E-state index in [4.69, 9.17) is 14.3 Å². The normalized spacial score (nSPS) is 15.9. The van der Waals surface area contributed by atoms with Gasteiger partial charge in [0, 0.05) is 11.1 Å². The van der Waals surface area contributed by atoms with Crippen molar-refractivity contribution in [2.24, 2.45) is 0 Å². The summed E-state index contributed by atoms with van der Waals surface area (Å²) in [6.07, 6.45) is 0.440. The lowest BCUT2D eigenvalue weighted by Gasteiger charge is -2.49. The lowest BCUT2D eigenvalue weighted by atomic mass is 9.95. The molecule has 0 amide bonds. The van der Waals surface area contributed by atoms with Gasteiger partial charge in [0.05, 0.1) is 0 Å². The Balaban J connectivity index is 5.01. The molecular weight excluding hydrogens is 225 g/mol. The van der Waals surface area contributed by atoms with Crippen LogP contribution in [0.2, 0.25) is 0 Å². The standard InChI is InChI=1S/C11H26NO3P/c1-8-9(15-16(13)14)12(10(2,3)4)11(5,6)7/h9,13-14H,8H2,1-7H3. The van der Waals surface area contributed by atoms with E-state index in [2.05, 4.69) is 46.4 Å². The summed E-state index contributed by atoms with van der Waals surface area (Å²) in [6, 6.07) is 0. The van der Waals surface area contributed by atoms with Crippen LogP contribution >= 0.6 is 8.60 Å². The first-order valence-electron chi connectivity index (χ1n) is 5.64. The van der Waals surface area contributed by atoms with Crippen molar-refractivity contribution in [2.75, 3.05) is 0 Å². The Morgan fingerprint density at radius 3 is 1.62 bits per heavy atom. The van der Waals surface area contributed by atoms with Gasteiger partial charge in [0.1, 0.15) is 6.23 Å². The van der Waals surface area contributed by atoms with Crippen molar-refractivity contribution in [3.8, 4) is 0 Å². The molecule has 0 saturated carbocycles. The molecule has 0 fully saturated rings. The van der Waals surface area contributed by atoms with Crippen LogP contribution in [0, 0.1) is 0 Å². The number of hydrogen-bond acceptors (Lipinski definition) is 4. The highest BCUT2D eigenvalue weighted by Crippen LogP contribution is 2.36. The average molecular weight is 251 g/mol. The van der Waals surface area contributed by atoms with Gasteiger partial charge in [-0.05, 0) is 48.0 Å². The van der Waals surface area contributed by atoms with Crippen LogP contribution in [0.4, 0.5) is 0 Å². The highest BCUT2D eigenvalue weighted by molar-refractivity contribution is 7.39. The molecule has 0 bridgehead atoms. The molecule has 0 rings (SSSR count). The van der Waals surface area contributed by atoms with Crippen molar-refractivity contribution < 1.29 is 14.3 Å². The summed E-state index contributed by atoms with van der Waals surface area (Å²) in [4.78, 5) is 20.2. The molecule has 0 saturated heterocycles. The van der Waals surface area contributed by atoms with Crippen molar-refractivity contribution in [1.29, 1.82) is 0 Å². The summed E-state index contributed by atoms with van der Waals surface area (Å²) in [7, 11) is -2.31. The van der Waals surface area contributed by atoms with Gasteiger partial charge in [-0.25, -0.2) is 0 Å². The summed E-state index contributed by atoms with van der Waals surface area (Å²) in [5.74, 6) is 0. The van der Waals surface area contributed by atoms with E-state index >= 15 is 0 Å². The molecule has 1 unspecified atom stereocenters. The molecule has 0 spiro atoms. The van der Waals surface area contributed by atoms with E-state index in [-0.39, 0.29) is 17.3 Å². The predicted molar refractivity (Wildman–Crippen MR) is 67.9 cm³/mol. The van der Waals surface area contributed by atoms with Crippen LogP contribution in [0.5, 0.6) is 0 Å². The fourth-order valence-electron chi connectivity index (χ4n) is 2.28. The van der Waals surface area contributed by atoms with Crippen LogP contribution in [-0.4, -0.2) is 32.0 Å². The van der Waals surface area contributed by atoms with E-state index < -0.39 is 8.60 Å². The van der Waals surface area contributed by atoms with E-state index in [1.807, 2.05) is 6.92 Å². The quantitative estimate of drug-likeness (QED) is 0.596. The number of nitrogens with zero attached hydrogens (tertiary/aromatic N) is 1. The van der Waals surface area contributed by atoms with Gasteiger partial charge in [-0.1, -0.05) is 6.92 Å². The van der Waals surface area contributed by atoms with E-state index in [1.54, 1.807) is 0 Å². The van der Waals surface area contributed by atoms with Crippen LogP contribution < -0.4 is 0 Å². The first kappa shape index (κ1) is 16.3. The van der Waals surface area contributed by atoms with E-state index in [0.29, 0.717) is 6.42 Å². The Morgan fingerprint density at radius 2 is 1.44 bits per heavy atom. The Kier molecular flexibility index (Phi) is 5.84. The minimum atomic E-state index is -2.31. The zero-order chi connectivity index (χ0) is 13.1. The molecule has 0 radical (unpaired) electrons. The van der Waals surface area contributed by atoms with Gasteiger partial charge in [-0.3, -0.25) is 9.42 Å². The maximum atomic E-state index is 9.01. The van der Waals surface area contributed by atoms with Gasteiger partial charge in [-0.2, -0.15) is 0 Å². The molecule has 0 aliphatic heterocycles. The molecule has 2 N–H and O–H groups in total. The first-order valence-corrected chi connectivity index (χ1v) is 6.80. The molecule has 0 aromatic rings. The van der Waals surface area contributed by atoms with Gasteiger partial charge in [-0.15, -0.1) is 0 Å². The van der Waals surface area contributed by atoms with Gasteiger partial charge in [0.25, 0.3) is 0 Å². The van der Waals surface area contributed by atoms with Gasteiger partial charge in [0.2, 0.25) is 0 Å². The minimum absolute atomic E-state index is 0.0930. The molecule has 0 aliphatic carbocycles. The molecule has 1 atom stereocenters. The Hall–Kier alpha value is 0.270. The average Bonchev–Trinajstić information content (AvgIpc) is 1.96. The van der Waals surface area contributed by atoms with E-state index in [1.165, 1.54) is 0 Å². The molecule has 4 nitrogen and oxygen atoms in total. The second-order valence-corrected chi connectivity index (χ2v) is 6.65. The maximum absolute atomic E-state index is 9.01. The van der Waals surface area contributed by atoms with Crippen molar-refractivity contribution in [3.05, 3.63) is 0 Å². The Labute approximate surface area is 101 Å². The lowest BCUT2D eigenvalue weighted by Crippen LogP contribution is -2.57. The highest BCUT2D eigenvalue weighted by Gasteiger charge is 2.37. The largest absolute Gasteiger partial charge is 0.328 e. The zero-order valence-corrected chi connectivity index (χ0v) is 12.4. The first-order chi connectivity index (χ1) is 7.00. The molecule has 98 valence electrons. The van der Waals surface area contributed by atoms with Gasteiger partial charge < -0.3 is 9.79 Å². The second-order valence-electron chi connectivity index (χ2n) is 5.93. The zero-order valence-electron chi connectivity index (χ0n) is 11.5. The molecule has 5 heteroatoms.